The first-order valence-electron chi connectivity index (χ1n) is 22.2. The quantitative estimate of drug-likeness (QED) is 0.0464. The fourth-order valence-electron chi connectivity index (χ4n) is 8.26. The predicted molar refractivity (Wildman–Crippen MR) is 234 cm³/mol. The van der Waals surface area contributed by atoms with E-state index < -0.39 is 170 Å². The number of fused-ring (bicyclic) bond motifs is 1. The summed E-state index contributed by atoms with van der Waals surface area (Å²) in [6.07, 6.45) is -34.0. The Labute approximate surface area is 405 Å². The third-order valence-electron chi connectivity index (χ3n) is 12.2. The minimum Gasteiger partial charge on any atom is -0.508 e. The number of carbonyl (C=O) groups is 1. The van der Waals surface area contributed by atoms with Gasteiger partial charge in [-0.2, -0.15) is 0 Å². The van der Waals surface area contributed by atoms with Crippen molar-refractivity contribution in [2.24, 2.45) is 0 Å². The molecular formula is C46H52O26. The second-order valence-corrected chi connectivity index (χ2v) is 17.3. The third kappa shape index (κ3) is 11.0. The predicted octanol–water partition coefficient (Wildman–Crippen LogP) is -3.18. The SMILES string of the molecule is C[C@@H]1O[C@@H](OC[C@H]2O[C@@H](Oc3c(-c4ccc(O)cc4)oc4cc(O)cc(O)c4c3=O)[C@H](O[C@@H]3O[C@@H](O)[C@H](O)[C@@H](O)[C@H]3O)[C@@H](OC(=O)/C=C/c3ccc(O)cc3)[C@H]2O)[C@H](O)[C@H](O[C@@H]2OC[C@@H](O)[C@H](O)[C@H]2O)[C@H]1O. The zero-order valence-corrected chi connectivity index (χ0v) is 37.5. The summed E-state index contributed by atoms with van der Waals surface area (Å²) in [6.45, 7) is -0.0129. The van der Waals surface area contributed by atoms with Gasteiger partial charge < -0.3 is 119 Å². The number of carbonyl (C=O) groups excluding carboxylic acids is 1. The fraction of sp³-hybridized carbons (Fsp3) is 0.478. The van der Waals surface area contributed by atoms with Crippen LogP contribution in [0.15, 0.2) is 76.0 Å². The molecule has 8 rings (SSSR count). The number of phenolic OH excluding ortho intramolecular Hbond substituents is 4. The monoisotopic (exact) mass is 1020 g/mol. The molecule has 4 fully saturated rings. The van der Waals surface area contributed by atoms with Crippen LogP contribution < -0.4 is 10.2 Å². The van der Waals surface area contributed by atoms with Crippen LogP contribution in [0, 0.1) is 0 Å². The first kappa shape index (κ1) is 52.7. The summed E-state index contributed by atoms with van der Waals surface area (Å²) in [5, 5.41) is 148. The molecule has 26 nitrogen and oxygen atoms in total. The molecule has 0 radical (unpaired) electrons. The Bertz CT molecular complexity index is 2590. The van der Waals surface area contributed by atoms with Crippen molar-refractivity contribution in [3.8, 4) is 40.1 Å². The van der Waals surface area contributed by atoms with Gasteiger partial charge in [-0.1, -0.05) is 12.1 Å². The third-order valence-corrected chi connectivity index (χ3v) is 12.2. The van der Waals surface area contributed by atoms with Gasteiger partial charge in [-0.25, -0.2) is 4.79 Å². The van der Waals surface area contributed by atoms with Crippen molar-refractivity contribution in [3.05, 3.63) is 82.5 Å². The Morgan fingerprint density at radius 2 is 1.31 bits per heavy atom. The second kappa shape index (κ2) is 21.9. The van der Waals surface area contributed by atoms with E-state index >= 15 is 0 Å². The summed E-state index contributed by atoms with van der Waals surface area (Å²) in [4.78, 5) is 28.2. The Hall–Kier alpha value is -5.60. The molecule has 0 amide bonds. The maximum atomic E-state index is 14.5. The summed E-state index contributed by atoms with van der Waals surface area (Å²) in [7, 11) is 0. The van der Waals surface area contributed by atoms with Crippen LogP contribution in [0.25, 0.3) is 28.4 Å². The molecule has 19 atom stereocenters. The highest BCUT2D eigenvalue weighted by molar-refractivity contribution is 5.88. The molecule has 5 heterocycles. The maximum absolute atomic E-state index is 14.5. The largest absolute Gasteiger partial charge is 0.508 e. The molecule has 0 aliphatic carbocycles. The van der Waals surface area contributed by atoms with Gasteiger partial charge in [0.15, 0.2) is 43.1 Å². The number of esters is 1. The summed E-state index contributed by atoms with van der Waals surface area (Å²) in [5.74, 6) is -4.09. The number of aliphatic hydroxyl groups is 10. The summed E-state index contributed by atoms with van der Waals surface area (Å²) < 4.78 is 58.0. The summed E-state index contributed by atoms with van der Waals surface area (Å²) >= 11 is 0. The van der Waals surface area contributed by atoms with Gasteiger partial charge in [-0.05, 0) is 55.0 Å². The molecule has 0 unspecified atom stereocenters. The van der Waals surface area contributed by atoms with Gasteiger partial charge >= 0.3 is 5.97 Å². The molecule has 1 aromatic heterocycles. The molecule has 4 aliphatic heterocycles. The molecule has 4 saturated heterocycles. The van der Waals surface area contributed by atoms with Crippen molar-refractivity contribution in [3.63, 3.8) is 0 Å². The average molecular weight is 1020 g/mol. The van der Waals surface area contributed by atoms with E-state index in [0.29, 0.717) is 5.56 Å². The van der Waals surface area contributed by atoms with Gasteiger partial charge in [0.2, 0.25) is 17.5 Å². The molecule has 14 N–H and O–H groups in total. The molecule has 4 aromatic rings. The van der Waals surface area contributed by atoms with E-state index in [4.69, 9.17) is 47.0 Å². The van der Waals surface area contributed by atoms with Gasteiger partial charge in [0.25, 0.3) is 0 Å². The molecule has 0 bridgehead atoms. The maximum Gasteiger partial charge on any atom is 0.331 e. The zero-order valence-electron chi connectivity index (χ0n) is 37.5. The van der Waals surface area contributed by atoms with E-state index in [1.165, 1.54) is 61.5 Å². The van der Waals surface area contributed by atoms with E-state index in [9.17, 15) is 81.1 Å². The zero-order chi connectivity index (χ0) is 51.9. The lowest BCUT2D eigenvalue weighted by atomic mass is 9.97. The number of benzene rings is 3. The number of phenols is 4. The minimum atomic E-state index is -2.22. The number of hydrogen-bond donors (Lipinski definition) is 14. The normalized spacial score (nSPS) is 36.3. The van der Waals surface area contributed by atoms with E-state index in [-0.39, 0.29) is 22.6 Å². The average Bonchev–Trinajstić information content (AvgIpc) is 3.34. The standard InChI is InChI=1S/C46H52O26/c1-16-28(53)38(69-43-34(59)29(54)23(51)14-63-43)36(61)44(65-16)64-15-25-30(55)39(68-26(52)11-4-17-2-7-19(47)8-3-17)41(71-45-35(60)32(57)33(58)42(62)72-45)46(67-25)70-40-31(56)27-22(50)12-21(49)13-24(27)66-37(40)18-5-9-20(48)10-6-18/h2-13,16,23,25,28-30,32-36,38-39,41-51,53-55,57-62H,14-15H2,1H3/b11-4+/t16-,23+,25+,28-,29-,30-,32+,33+,34+,35+,36+,38+,39-,41+,42+,43-,44+,45+,46-/m0/s1. The van der Waals surface area contributed by atoms with Crippen LogP contribution in [0.1, 0.15) is 12.5 Å². The highest BCUT2D eigenvalue weighted by atomic mass is 16.8. The van der Waals surface area contributed by atoms with Crippen molar-refractivity contribution in [1.29, 1.82) is 0 Å². The van der Waals surface area contributed by atoms with Gasteiger partial charge in [0.05, 0.1) is 19.3 Å². The number of aromatic hydroxyl groups is 4. The lowest BCUT2D eigenvalue weighted by molar-refractivity contribution is -0.381. The molecule has 392 valence electrons. The van der Waals surface area contributed by atoms with E-state index in [1.807, 2.05) is 0 Å². The summed E-state index contributed by atoms with van der Waals surface area (Å²) in [6, 6.07) is 12.3. The Morgan fingerprint density at radius 3 is 2.00 bits per heavy atom. The molecule has 72 heavy (non-hydrogen) atoms. The van der Waals surface area contributed by atoms with Crippen LogP contribution in [0.2, 0.25) is 0 Å². The lowest BCUT2D eigenvalue weighted by Gasteiger charge is -2.47. The number of ether oxygens (including phenoxy) is 9. The smallest absolute Gasteiger partial charge is 0.331 e. The first-order chi connectivity index (χ1) is 34.2. The molecular weight excluding hydrogens is 968 g/mol. The fourth-order valence-corrected chi connectivity index (χ4v) is 8.26. The van der Waals surface area contributed by atoms with E-state index in [2.05, 4.69) is 0 Å². The highest BCUT2D eigenvalue weighted by Gasteiger charge is 2.55. The van der Waals surface area contributed by atoms with Crippen molar-refractivity contribution in [1.82, 2.24) is 0 Å². The number of hydrogen-bond acceptors (Lipinski definition) is 26. The van der Waals surface area contributed by atoms with Gasteiger partial charge in [-0.3, -0.25) is 4.79 Å². The van der Waals surface area contributed by atoms with Crippen LogP contribution in [-0.4, -0.2) is 208 Å². The number of rotatable bonds is 13. The van der Waals surface area contributed by atoms with Crippen molar-refractivity contribution < 1.29 is 123 Å². The molecule has 4 aliphatic rings. The molecule has 0 saturated carbocycles. The Kier molecular flexibility index (Phi) is 16.0. The highest BCUT2D eigenvalue weighted by Crippen LogP contribution is 2.39. The lowest BCUT2D eigenvalue weighted by Crippen LogP contribution is -2.66. The van der Waals surface area contributed by atoms with Gasteiger partial charge in [0.1, 0.15) is 101 Å². The van der Waals surface area contributed by atoms with E-state index in [0.717, 1.165) is 18.2 Å². The van der Waals surface area contributed by atoms with Crippen LogP contribution in [0.5, 0.6) is 28.7 Å². The van der Waals surface area contributed by atoms with Crippen molar-refractivity contribution in [2.75, 3.05) is 13.2 Å². The van der Waals surface area contributed by atoms with Crippen molar-refractivity contribution in [2.45, 2.75) is 124 Å². The van der Waals surface area contributed by atoms with Crippen molar-refractivity contribution >= 4 is 23.0 Å². The van der Waals surface area contributed by atoms with Crippen LogP contribution in [0.4, 0.5) is 0 Å². The number of aliphatic hydroxyl groups excluding tert-OH is 10. The Morgan fingerprint density at radius 1 is 0.653 bits per heavy atom. The first-order valence-corrected chi connectivity index (χ1v) is 22.2. The van der Waals surface area contributed by atoms with E-state index in [1.54, 1.807) is 0 Å². The van der Waals surface area contributed by atoms with Gasteiger partial charge in [-0.15, -0.1) is 0 Å². The molecule has 3 aromatic carbocycles. The second-order valence-electron chi connectivity index (χ2n) is 17.3. The molecule has 0 spiro atoms. The van der Waals surface area contributed by atoms with Crippen LogP contribution >= 0.6 is 0 Å². The molecule has 26 heteroatoms. The topological polar surface area (TPSA) is 414 Å². The van der Waals surface area contributed by atoms with Gasteiger partial charge in [0, 0.05) is 23.8 Å². The summed E-state index contributed by atoms with van der Waals surface area (Å²) in [5.41, 5.74) is -1.10. The Balaban J connectivity index is 1.18. The van der Waals surface area contributed by atoms with Crippen LogP contribution in [0.3, 0.4) is 0 Å². The van der Waals surface area contributed by atoms with Crippen LogP contribution in [-0.2, 0) is 42.7 Å². The minimum absolute atomic E-state index is 0.0276.